The Morgan fingerprint density at radius 3 is 1.51 bits per heavy atom. The SMILES string of the molecule is CCCCCCCCCCCCC#CC#CCCCCCCCCC(=O)N[C@@H](C)C(=O)N[C@@H](C)C(=O)O. The number of hydrogen-bond donors (Lipinski definition) is 3. The molecule has 0 heterocycles. The van der Waals surface area contributed by atoms with Crippen molar-refractivity contribution in [3.05, 3.63) is 0 Å². The average Bonchev–Trinajstić information content (AvgIpc) is 2.86. The zero-order valence-electron chi connectivity index (χ0n) is 23.8. The van der Waals surface area contributed by atoms with Crippen molar-refractivity contribution in [1.82, 2.24) is 10.6 Å². The normalized spacial score (nSPS) is 11.9. The lowest BCUT2D eigenvalue weighted by molar-refractivity contribution is -0.141. The van der Waals surface area contributed by atoms with Gasteiger partial charge in [0.1, 0.15) is 12.1 Å². The minimum absolute atomic E-state index is 0.185. The Kier molecular flexibility index (Phi) is 23.5. The Bertz CT molecular complexity index is 742. The van der Waals surface area contributed by atoms with Crippen molar-refractivity contribution in [2.24, 2.45) is 0 Å². The second-order valence-electron chi connectivity index (χ2n) is 10.0. The molecular weight excluding hydrogens is 464 g/mol. The maximum Gasteiger partial charge on any atom is 0.325 e. The summed E-state index contributed by atoms with van der Waals surface area (Å²) in [5.41, 5.74) is 0. The maximum atomic E-state index is 12.0. The molecule has 0 aromatic heterocycles. The van der Waals surface area contributed by atoms with Crippen molar-refractivity contribution < 1.29 is 19.5 Å². The topological polar surface area (TPSA) is 95.5 Å². The summed E-state index contributed by atoms with van der Waals surface area (Å²) in [4.78, 5) is 34.6. The van der Waals surface area contributed by atoms with Crippen LogP contribution in [-0.4, -0.2) is 35.0 Å². The second-order valence-corrected chi connectivity index (χ2v) is 10.0. The molecule has 37 heavy (non-hydrogen) atoms. The second kappa shape index (κ2) is 25.2. The van der Waals surface area contributed by atoms with E-state index in [-0.39, 0.29) is 5.91 Å². The smallest absolute Gasteiger partial charge is 0.325 e. The fourth-order valence-electron chi connectivity index (χ4n) is 3.90. The third-order valence-corrected chi connectivity index (χ3v) is 6.35. The van der Waals surface area contributed by atoms with E-state index in [1.54, 1.807) is 6.92 Å². The summed E-state index contributed by atoms with van der Waals surface area (Å²) in [5.74, 6) is 10.5. The third-order valence-electron chi connectivity index (χ3n) is 6.35. The Labute approximate surface area is 226 Å². The maximum absolute atomic E-state index is 12.0. The Morgan fingerprint density at radius 1 is 0.622 bits per heavy atom. The van der Waals surface area contributed by atoms with Crippen LogP contribution in [0.5, 0.6) is 0 Å². The van der Waals surface area contributed by atoms with Gasteiger partial charge in [0.15, 0.2) is 0 Å². The molecule has 0 aliphatic heterocycles. The van der Waals surface area contributed by atoms with Crippen molar-refractivity contribution in [2.75, 3.05) is 0 Å². The van der Waals surface area contributed by atoms with Gasteiger partial charge in [-0.25, -0.2) is 0 Å². The van der Waals surface area contributed by atoms with Gasteiger partial charge >= 0.3 is 5.97 Å². The van der Waals surface area contributed by atoms with Crippen LogP contribution in [0.25, 0.3) is 0 Å². The fourth-order valence-corrected chi connectivity index (χ4v) is 3.90. The highest BCUT2D eigenvalue weighted by Gasteiger charge is 2.20. The molecule has 0 aromatic carbocycles. The number of hydrogen-bond acceptors (Lipinski definition) is 3. The lowest BCUT2D eigenvalue weighted by Gasteiger charge is -2.16. The van der Waals surface area contributed by atoms with E-state index in [2.05, 4.69) is 41.2 Å². The molecule has 2 atom stereocenters. The van der Waals surface area contributed by atoms with Gasteiger partial charge in [0.25, 0.3) is 0 Å². The summed E-state index contributed by atoms with van der Waals surface area (Å²) in [6.45, 7) is 5.20. The summed E-state index contributed by atoms with van der Waals surface area (Å²) in [7, 11) is 0. The number of carbonyl (C=O) groups is 3. The molecule has 0 unspecified atom stereocenters. The Balaban J connectivity index is 3.54. The number of nitrogens with one attached hydrogen (secondary N) is 2. The highest BCUT2D eigenvalue weighted by atomic mass is 16.4. The molecule has 0 fully saturated rings. The van der Waals surface area contributed by atoms with E-state index in [4.69, 9.17) is 5.11 Å². The van der Waals surface area contributed by atoms with Gasteiger partial charge in [0, 0.05) is 19.3 Å². The van der Waals surface area contributed by atoms with E-state index in [9.17, 15) is 14.4 Å². The number of aliphatic carboxylic acids is 1. The van der Waals surface area contributed by atoms with Crippen LogP contribution < -0.4 is 10.6 Å². The lowest BCUT2D eigenvalue weighted by Crippen LogP contribution is -2.49. The molecular formula is C31H52N2O4. The first kappa shape index (κ1) is 34.5. The first-order chi connectivity index (χ1) is 17.9. The van der Waals surface area contributed by atoms with Crippen molar-refractivity contribution in [1.29, 1.82) is 0 Å². The quantitative estimate of drug-likeness (QED) is 0.113. The van der Waals surface area contributed by atoms with E-state index in [1.807, 2.05) is 0 Å². The van der Waals surface area contributed by atoms with Crippen LogP contribution in [0.3, 0.4) is 0 Å². The minimum Gasteiger partial charge on any atom is -0.480 e. The van der Waals surface area contributed by atoms with Crippen LogP contribution in [0.4, 0.5) is 0 Å². The molecule has 0 aliphatic carbocycles. The van der Waals surface area contributed by atoms with Gasteiger partial charge in [0.2, 0.25) is 11.8 Å². The molecule has 3 N–H and O–H groups in total. The van der Waals surface area contributed by atoms with Crippen LogP contribution in [0.2, 0.25) is 0 Å². The third kappa shape index (κ3) is 23.7. The molecule has 0 rings (SSSR count). The molecule has 0 radical (unpaired) electrons. The standard InChI is InChI=1S/C31H52N2O4/c1-4-5-6-7-8-9-10-11-12-13-14-15-16-17-18-19-20-21-22-23-24-25-26-29(34)32-27(2)30(35)33-28(3)31(36)37/h27-28H,4-14,19-26H2,1-3H3,(H,32,34)(H,33,35)(H,36,37)/t27-,28-/m0/s1. The number of carboxylic acid groups (broad SMARTS) is 1. The van der Waals surface area contributed by atoms with Crippen LogP contribution in [0.1, 0.15) is 143 Å². The number of carbonyl (C=O) groups excluding carboxylic acids is 2. The van der Waals surface area contributed by atoms with Crippen LogP contribution in [0, 0.1) is 23.7 Å². The molecule has 0 saturated carbocycles. The van der Waals surface area contributed by atoms with Gasteiger partial charge in [0.05, 0.1) is 0 Å². The lowest BCUT2D eigenvalue weighted by atomic mass is 10.1. The van der Waals surface area contributed by atoms with Gasteiger partial charge in [-0.2, -0.15) is 0 Å². The summed E-state index contributed by atoms with van der Waals surface area (Å²) in [5, 5.41) is 13.8. The highest BCUT2D eigenvalue weighted by Crippen LogP contribution is 2.11. The molecule has 210 valence electrons. The molecule has 6 nitrogen and oxygen atoms in total. The van der Waals surface area contributed by atoms with E-state index in [1.165, 1.54) is 71.1 Å². The highest BCUT2D eigenvalue weighted by molar-refractivity contribution is 5.89. The van der Waals surface area contributed by atoms with Crippen molar-refractivity contribution in [2.45, 2.75) is 155 Å². The van der Waals surface area contributed by atoms with Gasteiger partial charge in [-0.1, -0.05) is 102 Å². The predicted octanol–water partition coefficient (Wildman–Crippen LogP) is 6.52. The van der Waals surface area contributed by atoms with E-state index >= 15 is 0 Å². The minimum atomic E-state index is -1.11. The number of unbranched alkanes of at least 4 members (excludes halogenated alkanes) is 16. The van der Waals surface area contributed by atoms with E-state index in [0.717, 1.165) is 51.4 Å². The van der Waals surface area contributed by atoms with Crippen molar-refractivity contribution in [3.63, 3.8) is 0 Å². The summed E-state index contributed by atoms with van der Waals surface area (Å²) in [6, 6.07) is -1.73. The molecule has 2 amide bonds. The van der Waals surface area contributed by atoms with Gasteiger partial charge in [-0.15, -0.1) is 0 Å². The van der Waals surface area contributed by atoms with Gasteiger partial charge < -0.3 is 15.7 Å². The summed E-state index contributed by atoms with van der Waals surface area (Å²) in [6.07, 6.45) is 21.8. The molecule has 0 bridgehead atoms. The zero-order valence-corrected chi connectivity index (χ0v) is 23.8. The first-order valence-electron chi connectivity index (χ1n) is 14.7. The number of rotatable bonds is 22. The van der Waals surface area contributed by atoms with Crippen LogP contribution in [-0.2, 0) is 14.4 Å². The fraction of sp³-hybridized carbons (Fsp3) is 0.774. The molecule has 0 aliphatic rings. The number of amides is 2. The molecule has 0 spiro atoms. The Morgan fingerprint density at radius 2 is 1.05 bits per heavy atom. The predicted molar refractivity (Wildman–Crippen MR) is 152 cm³/mol. The van der Waals surface area contributed by atoms with Crippen molar-refractivity contribution in [3.8, 4) is 23.7 Å². The number of carboxylic acids is 1. The van der Waals surface area contributed by atoms with Crippen LogP contribution >= 0.6 is 0 Å². The van der Waals surface area contributed by atoms with E-state index in [0.29, 0.717) is 6.42 Å². The van der Waals surface area contributed by atoms with Gasteiger partial charge in [-0.05, 0) is 45.0 Å². The van der Waals surface area contributed by atoms with Crippen LogP contribution in [0.15, 0.2) is 0 Å². The average molecular weight is 517 g/mol. The van der Waals surface area contributed by atoms with Gasteiger partial charge in [-0.3, -0.25) is 14.4 Å². The molecule has 0 aromatic rings. The summed E-state index contributed by atoms with van der Waals surface area (Å²) < 4.78 is 0. The summed E-state index contributed by atoms with van der Waals surface area (Å²) >= 11 is 0. The molecule has 0 saturated heterocycles. The first-order valence-corrected chi connectivity index (χ1v) is 14.7. The van der Waals surface area contributed by atoms with Crippen molar-refractivity contribution >= 4 is 17.8 Å². The monoisotopic (exact) mass is 516 g/mol. The largest absolute Gasteiger partial charge is 0.480 e. The van der Waals surface area contributed by atoms with E-state index < -0.39 is 24.0 Å². The Hall–Kier alpha value is -2.47. The molecule has 6 heteroatoms. The zero-order chi connectivity index (χ0) is 27.6.